The highest BCUT2D eigenvalue weighted by molar-refractivity contribution is 9.10. The molecule has 2 N–H and O–H groups in total. The van der Waals surface area contributed by atoms with Crippen molar-refractivity contribution in [2.45, 2.75) is 6.42 Å². The largest absolute Gasteiger partial charge is 0.397 e. The Balaban J connectivity index is 1.88. The van der Waals surface area contributed by atoms with Crippen LogP contribution in [0.5, 0.6) is 0 Å². The maximum Gasteiger partial charge on any atom is 0.278 e. The third kappa shape index (κ3) is 2.55. The zero-order valence-corrected chi connectivity index (χ0v) is 12.0. The van der Waals surface area contributed by atoms with Crippen LogP contribution >= 0.6 is 15.9 Å². The number of anilines is 1. The minimum Gasteiger partial charge on any atom is -0.397 e. The van der Waals surface area contributed by atoms with Gasteiger partial charge in [-0.1, -0.05) is 39.3 Å². The van der Waals surface area contributed by atoms with Crippen LogP contribution in [0.1, 0.15) is 11.4 Å². The summed E-state index contributed by atoms with van der Waals surface area (Å²) >= 11 is 3.50. The van der Waals surface area contributed by atoms with E-state index in [0.717, 1.165) is 10.0 Å². The minimum atomic E-state index is 0.338. The standard InChI is InChI=1S/C14H11BrN4O/c15-10-5-2-1-4-9(10)8-12-18-14(20-19-12)13-11(16)6-3-7-17-13/h1-7H,8,16H2. The number of halogens is 1. The molecule has 0 unspecified atom stereocenters. The molecule has 0 saturated carbocycles. The van der Waals surface area contributed by atoms with Gasteiger partial charge in [-0.05, 0) is 23.8 Å². The van der Waals surface area contributed by atoms with Crippen LogP contribution < -0.4 is 5.73 Å². The number of nitrogens with two attached hydrogens (primary N) is 1. The molecule has 0 aliphatic carbocycles. The Morgan fingerprint density at radius 3 is 2.80 bits per heavy atom. The van der Waals surface area contributed by atoms with E-state index in [0.29, 0.717) is 29.5 Å². The third-order valence-corrected chi connectivity index (χ3v) is 3.59. The fraction of sp³-hybridized carbons (Fsp3) is 0.0714. The van der Waals surface area contributed by atoms with Gasteiger partial charge in [0.05, 0.1) is 5.69 Å². The third-order valence-electron chi connectivity index (χ3n) is 2.82. The van der Waals surface area contributed by atoms with Crippen LogP contribution in [0.2, 0.25) is 0 Å². The van der Waals surface area contributed by atoms with Gasteiger partial charge in [0.15, 0.2) is 11.5 Å². The van der Waals surface area contributed by atoms with Gasteiger partial charge in [0, 0.05) is 17.1 Å². The Labute approximate surface area is 124 Å². The van der Waals surface area contributed by atoms with E-state index in [-0.39, 0.29) is 0 Å². The maximum atomic E-state index is 5.84. The number of nitrogens with zero attached hydrogens (tertiary/aromatic N) is 3. The van der Waals surface area contributed by atoms with Crippen LogP contribution in [-0.2, 0) is 6.42 Å². The molecule has 6 heteroatoms. The van der Waals surface area contributed by atoms with Gasteiger partial charge in [-0.3, -0.25) is 0 Å². The van der Waals surface area contributed by atoms with E-state index in [4.69, 9.17) is 10.3 Å². The first-order valence-corrected chi connectivity index (χ1v) is 6.80. The first-order chi connectivity index (χ1) is 9.74. The lowest BCUT2D eigenvalue weighted by Crippen LogP contribution is -1.94. The van der Waals surface area contributed by atoms with E-state index in [1.807, 2.05) is 24.3 Å². The van der Waals surface area contributed by atoms with Crippen molar-refractivity contribution >= 4 is 21.6 Å². The number of hydrogen-bond donors (Lipinski definition) is 1. The number of rotatable bonds is 3. The second-order valence-corrected chi connectivity index (χ2v) is 5.08. The van der Waals surface area contributed by atoms with Gasteiger partial charge in [-0.25, -0.2) is 4.98 Å². The zero-order chi connectivity index (χ0) is 13.9. The van der Waals surface area contributed by atoms with E-state index >= 15 is 0 Å². The van der Waals surface area contributed by atoms with Gasteiger partial charge in [0.2, 0.25) is 0 Å². The van der Waals surface area contributed by atoms with Crippen molar-refractivity contribution in [2.24, 2.45) is 0 Å². The second-order valence-electron chi connectivity index (χ2n) is 4.23. The van der Waals surface area contributed by atoms with Crippen LogP contribution in [0, 0.1) is 0 Å². The smallest absolute Gasteiger partial charge is 0.278 e. The average molecular weight is 331 g/mol. The molecule has 5 nitrogen and oxygen atoms in total. The molecule has 20 heavy (non-hydrogen) atoms. The predicted octanol–water partition coefficient (Wildman–Crippen LogP) is 3.07. The molecular formula is C14H11BrN4O. The van der Waals surface area contributed by atoms with Crippen molar-refractivity contribution in [3.05, 3.63) is 58.5 Å². The van der Waals surface area contributed by atoms with Crippen molar-refractivity contribution in [1.29, 1.82) is 0 Å². The molecule has 3 rings (SSSR count). The molecule has 0 atom stereocenters. The van der Waals surface area contributed by atoms with Gasteiger partial charge in [-0.2, -0.15) is 4.98 Å². The lowest BCUT2D eigenvalue weighted by molar-refractivity contribution is 0.423. The summed E-state index contributed by atoms with van der Waals surface area (Å²) in [6.07, 6.45) is 2.22. The molecule has 2 aromatic heterocycles. The van der Waals surface area contributed by atoms with Gasteiger partial charge >= 0.3 is 0 Å². The lowest BCUT2D eigenvalue weighted by Gasteiger charge is -1.99. The van der Waals surface area contributed by atoms with E-state index in [9.17, 15) is 0 Å². The molecule has 0 spiro atoms. The van der Waals surface area contributed by atoms with Gasteiger partial charge in [-0.15, -0.1) is 0 Å². The fourth-order valence-corrected chi connectivity index (χ4v) is 2.26. The van der Waals surface area contributed by atoms with E-state index < -0.39 is 0 Å². The number of aromatic nitrogens is 3. The molecule has 1 aromatic carbocycles. The van der Waals surface area contributed by atoms with Crippen LogP contribution in [0.3, 0.4) is 0 Å². The molecule has 100 valence electrons. The van der Waals surface area contributed by atoms with Gasteiger partial charge < -0.3 is 10.3 Å². The van der Waals surface area contributed by atoms with Gasteiger partial charge in [0.25, 0.3) is 5.89 Å². The van der Waals surface area contributed by atoms with Crippen molar-refractivity contribution in [3.8, 4) is 11.6 Å². The molecule has 0 radical (unpaired) electrons. The van der Waals surface area contributed by atoms with Gasteiger partial charge in [0.1, 0.15) is 0 Å². The highest BCUT2D eigenvalue weighted by atomic mass is 79.9. The Morgan fingerprint density at radius 1 is 1.15 bits per heavy atom. The Kier molecular flexibility index (Phi) is 3.47. The summed E-state index contributed by atoms with van der Waals surface area (Å²) in [7, 11) is 0. The Morgan fingerprint density at radius 2 is 2.00 bits per heavy atom. The topological polar surface area (TPSA) is 77.8 Å². The summed E-state index contributed by atoms with van der Waals surface area (Å²) in [4.78, 5) is 8.49. The molecule has 3 aromatic rings. The number of hydrogen-bond acceptors (Lipinski definition) is 5. The average Bonchev–Trinajstić information content (AvgIpc) is 2.90. The zero-order valence-electron chi connectivity index (χ0n) is 10.5. The fourth-order valence-electron chi connectivity index (χ4n) is 1.83. The van der Waals surface area contributed by atoms with Crippen molar-refractivity contribution < 1.29 is 4.52 Å². The molecule has 0 bridgehead atoms. The first kappa shape index (κ1) is 12.8. The normalized spacial score (nSPS) is 10.7. The minimum absolute atomic E-state index is 0.338. The molecule has 0 amide bonds. The van der Waals surface area contributed by atoms with Crippen LogP contribution in [0.25, 0.3) is 11.6 Å². The SMILES string of the molecule is Nc1cccnc1-c1nc(Cc2ccccc2Br)no1. The van der Waals surface area contributed by atoms with Crippen molar-refractivity contribution in [2.75, 3.05) is 5.73 Å². The predicted molar refractivity (Wildman–Crippen MR) is 78.9 cm³/mol. The monoisotopic (exact) mass is 330 g/mol. The number of benzene rings is 1. The van der Waals surface area contributed by atoms with E-state index in [1.165, 1.54) is 0 Å². The Bertz CT molecular complexity index is 741. The molecule has 0 saturated heterocycles. The lowest BCUT2D eigenvalue weighted by atomic mass is 10.1. The first-order valence-electron chi connectivity index (χ1n) is 6.01. The van der Waals surface area contributed by atoms with Crippen LogP contribution in [-0.4, -0.2) is 15.1 Å². The summed E-state index contributed by atoms with van der Waals surface area (Å²) in [5, 5.41) is 3.97. The second kappa shape index (κ2) is 5.42. The summed E-state index contributed by atoms with van der Waals surface area (Å²) in [6.45, 7) is 0. The highest BCUT2D eigenvalue weighted by Gasteiger charge is 2.13. The number of nitrogen functional groups attached to an aromatic ring is 1. The van der Waals surface area contributed by atoms with Crippen LogP contribution in [0.15, 0.2) is 51.6 Å². The molecule has 0 aliphatic heterocycles. The summed E-state index contributed by atoms with van der Waals surface area (Å²) in [6, 6.07) is 11.4. The van der Waals surface area contributed by atoms with E-state index in [2.05, 4.69) is 31.1 Å². The van der Waals surface area contributed by atoms with E-state index in [1.54, 1.807) is 18.3 Å². The van der Waals surface area contributed by atoms with Crippen molar-refractivity contribution in [1.82, 2.24) is 15.1 Å². The summed E-state index contributed by atoms with van der Waals surface area (Å²) in [5.41, 5.74) is 7.96. The van der Waals surface area contributed by atoms with Crippen molar-refractivity contribution in [3.63, 3.8) is 0 Å². The maximum absolute atomic E-state index is 5.84. The molecule has 2 heterocycles. The number of pyridine rings is 1. The van der Waals surface area contributed by atoms with Crippen LogP contribution in [0.4, 0.5) is 5.69 Å². The molecule has 0 fully saturated rings. The summed E-state index contributed by atoms with van der Waals surface area (Å²) in [5.74, 6) is 0.933. The quantitative estimate of drug-likeness (QED) is 0.798. The summed E-state index contributed by atoms with van der Waals surface area (Å²) < 4.78 is 6.24. The Hall–Kier alpha value is -2.21. The molecule has 0 aliphatic rings. The highest BCUT2D eigenvalue weighted by Crippen LogP contribution is 2.23. The molecular weight excluding hydrogens is 320 g/mol.